The molecule has 0 fully saturated rings. The number of anilines is 4. The van der Waals surface area contributed by atoms with Gasteiger partial charge in [-0.15, -0.1) is 0 Å². The van der Waals surface area contributed by atoms with Crippen LogP contribution in [0, 0.1) is 0 Å². The van der Waals surface area contributed by atoms with E-state index in [9.17, 15) is 48.8 Å². The number of phenolic OH excluding ortho intramolecular Hbond substituents is 1. The van der Waals surface area contributed by atoms with Gasteiger partial charge in [-0.2, -0.15) is 45.3 Å². The Kier molecular flexibility index (Phi) is 16.3. The number of fused-ring (bicyclic) bond motifs is 1. The van der Waals surface area contributed by atoms with Gasteiger partial charge in [-0.1, -0.05) is 0 Å². The second-order valence-electron chi connectivity index (χ2n) is 7.86. The fourth-order valence-corrected chi connectivity index (χ4v) is 5.29. The number of carbonyl (C=O) groups excluding carboxylic acids is 1. The van der Waals surface area contributed by atoms with Crippen LogP contribution in [-0.4, -0.2) is 70.5 Å². The number of hydrogen-bond acceptors (Lipinski definition) is 15. The van der Waals surface area contributed by atoms with E-state index in [2.05, 4.69) is 30.8 Å². The van der Waals surface area contributed by atoms with E-state index in [1.54, 1.807) is 0 Å². The van der Waals surface area contributed by atoms with Gasteiger partial charge < -0.3 is 16.2 Å². The van der Waals surface area contributed by atoms with Crippen LogP contribution in [0.15, 0.2) is 50.1 Å². The van der Waals surface area contributed by atoms with E-state index in [0.717, 1.165) is 24.3 Å². The number of nitrogen functional groups attached to an aromatic ring is 1. The summed E-state index contributed by atoms with van der Waals surface area (Å²) in [7, 11) is -15.0. The van der Waals surface area contributed by atoms with Crippen molar-refractivity contribution >= 4 is 82.8 Å². The monoisotopic (exact) mass is 779 g/mol. The number of allylic oxidation sites excluding steroid dienone is 1. The Morgan fingerprint density at radius 3 is 1.93 bits per heavy atom. The van der Waals surface area contributed by atoms with Crippen molar-refractivity contribution in [2.45, 2.75) is 9.79 Å². The number of phenols is 1. The number of aromatic nitrogens is 3. The second kappa shape index (κ2) is 16.6. The van der Waals surface area contributed by atoms with Crippen molar-refractivity contribution in [1.82, 2.24) is 15.0 Å². The molecule has 0 amide bonds. The van der Waals surface area contributed by atoms with Crippen LogP contribution in [0.25, 0.3) is 6.08 Å². The van der Waals surface area contributed by atoms with Crippen molar-refractivity contribution in [1.29, 1.82) is 0 Å². The van der Waals surface area contributed by atoms with Crippen LogP contribution in [0.2, 0.25) is 5.28 Å². The number of ketones is 1. The van der Waals surface area contributed by atoms with E-state index < -0.39 is 96.0 Å². The fraction of sp³-hybridized carbons (Fsp3) is 0. The van der Waals surface area contributed by atoms with Gasteiger partial charge in [0.1, 0.15) is 10.7 Å². The Bertz CT molecular complexity index is 2030. The third-order valence-corrected chi connectivity index (χ3v) is 7.82. The maximum absolute atomic E-state index is 13.6. The molecule has 8 N–H and O–H groups in total. The van der Waals surface area contributed by atoms with Gasteiger partial charge in [0.15, 0.2) is 5.71 Å². The molecular weight excluding hydrogens is 766 g/mol. The molecule has 0 unspecified atom stereocenters. The third kappa shape index (κ3) is 10.6. The molecule has 3 aromatic rings. The van der Waals surface area contributed by atoms with E-state index in [0.29, 0.717) is 12.1 Å². The molecule has 227 valence electrons. The summed E-state index contributed by atoms with van der Waals surface area (Å²) in [5.41, 5.74) is 4.71. The smallest absolute Gasteiger partial charge is 0.506 e. The van der Waals surface area contributed by atoms with Crippen molar-refractivity contribution in [3.8, 4) is 5.75 Å². The normalized spacial score (nSPS) is 13.6. The molecule has 0 atom stereocenters. The summed E-state index contributed by atoms with van der Waals surface area (Å²) in [6.45, 7) is 0. The van der Waals surface area contributed by atoms with Gasteiger partial charge in [0.2, 0.25) is 23.0 Å². The van der Waals surface area contributed by atoms with E-state index in [1.807, 2.05) is 0 Å². The summed E-state index contributed by atoms with van der Waals surface area (Å²) in [6.07, 6.45) is 0.648. The summed E-state index contributed by atoms with van der Waals surface area (Å²) in [6, 6.07) is 3.86. The molecule has 1 aromatic heterocycles. The first kappa shape index (κ1) is 44.3. The number of nitrogens with one attached hydrogen (secondary N) is 2. The Labute approximate surface area is 336 Å². The van der Waals surface area contributed by atoms with Gasteiger partial charge in [0.25, 0.3) is 30.4 Å². The number of nitrogens with zero attached hydrogens (tertiary/aromatic N) is 4. The van der Waals surface area contributed by atoms with Crippen molar-refractivity contribution in [2.75, 3.05) is 16.5 Å². The van der Waals surface area contributed by atoms with E-state index in [4.69, 9.17) is 17.3 Å². The average Bonchev–Trinajstić information content (AvgIpc) is 2.81. The van der Waals surface area contributed by atoms with Gasteiger partial charge in [-0.25, -0.2) is 0 Å². The first-order chi connectivity index (χ1) is 18.8. The second-order valence-corrected chi connectivity index (χ2v) is 12.4. The maximum atomic E-state index is 13.6. The molecule has 1 radical (unpaired) electrons. The van der Waals surface area contributed by atoms with Crippen LogP contribution in [-0.2, 0) is 47.4 Å². The molecule has 1 aliphatic rings. The minimum absolute atomic E-state index is 0. The summed E-state index contributed by atoms with van der Waals surface area (Å²) in [4.78, 5) is 21.9. The van der Waals surface area contributed by atoms with Crippen LogP contribution in [0.1, 0.15) is 15.9 Å². The molecule has 2 aromatic carbocycles. The van der Waals surface area contributed by atoms with E-state index in [1.165, 1.54) is 0 Å². The average molecular weight is 781 g/mol. The minimum atomic E-state index is -5.26. The Morgan fingerprint density at radius 1 is 0.822 bits per heavy atom. The van der Waals surface area contributed by atoms with Gasteiger partial charge in [0, 0.05) is 17.1 Å². The van der Waals surface area contributed by atoms with Crippen molar-refractivity contribution in [3.05, 3.63) is 51.6 Å². The van der Waals surface area contributed by atoms with Gasteiger partial charge in [-0.05, 0) is 53.6 Å². The summed E-state index contributed by atoms with van der Waals surface area (Å²) < 4.78 is 99.7. The van der Waals surface area contributed by atoms with Crippen molar-refractivity contribution in [2.24, 2.45) is 5.10 Å². The summed E-state index contributed by atoms with van der Waals surface area (Å²) in [5.74, 6) is -2.71. The van der Waals surface area contributed by atoms with E-state index in [-0.39, 0.29) is 112 Å². The van der Waals surface area contributed by atoms with E-state index >= 15 is 0 Å². The molecule has 0 saturated carbocycles. The number of halogens is 1. The Morgan fingerprint density at radius 2 is 1.40 bits per heavy atom. The Balaban J connectivity index is 0.00000484. The maximum Gasteiger partial charge on any atom is 1.00 e. The largest absolute Gasteiger partial charge is 1.00 e. The van der Waals surface area contributed by atoms with Gasteiger partial charge in [-0.3, -0.25) is 23.9 Å². The van der Waals surface area contributed by atoms with Crippen LogP contribution >= 0.6 is 11.6 Å². The molecule has 0 bridgehead atoms. The molecule has 0 aliphatic heterocycles. The third-order valence-electron chi connectivity index (χ3n) is 5.11. The molecule has 45 heavy (non-hydrogen) atoms. The van der Waals surface area contributed by atoms with Crippen LogP contribution in [0.4, 0.5) is 23.3 Å². The first-order valence-electron chi connectivity index (χ1n) is 10.3. The molecule has 0 saturated heterocycles. The number of aromatic hydroxyl groups is 1. The number of hydrazone groups is 1. The van der Waals surface area contributed by atoms with Crippen molar-refractivity contribution in [3.63, 3.8) is 0 Å². The number of carbonyl (C=O) groups is 1. The predicted octanol–water partition coefficient (Wildman–Crippen LogP) is -8.05. The zero-order chi connectivity index (χ0) is 30.5. The number of nitrogens with two attached hydrogens (primary N) is 1. The number of hydrogen-bond donors (Lipinski definition) is 7. The number of Topliss-reactive ketones (excluding diaryl/α,β-unsaturated/α-hetero) is 1. The first-order valence-corrected chi connectivity index (χ1v) is 15.0. The number of benzene rings is 2. The zero-order valence-electron chi connectivity index (χ0n) is 22.9. The quantitative estimate of drug-likeness (QED) is 0.0507. The molecule has 4 rings (SSSR count). The standard InChI is InChI=1S/C19H14ClN7O11S3.Cu.3Na/c20-17-23-18(21)25-19(24-17)22-11-6-9(40(33,34)35)3-7-4-13(41(36,37)38)15(16(29)14(7)11)27-26-10-5-8(39(30,31)32)1-2-12(10)28;;;;/h1-6,26,28H,(H,30,31,32)(H,33,34,35)(H,36,37,38)(H3,21,22,23,24,25);;;;/q;;3*+1/b27-15+;;;;. The SMILES string of the molecule is Nc1nc(Cl)nc(Nc2cc(S(=O)(=O)O)cc3c2C(=O)/C(=N/Nc2cc(S(=O)(=O)O)ccc2O)C(S(=O)(=O)O)=C3)n1.[Cu].[Na+].[Na+].[Na+]. The molecule has 18 nitrogen and oxygen atoms in total. The molecule has 26 heteroatoms. The Hall–Kier alpha value is -0.731. The van der Waals surface area contributed by atoms with Gasteiger partial charge in [0.05, 0.1) is 26.7 Å². The zero-order valence-corrected chi connectivity index (χ0v) is 33.0. The molecular formula is C19H14ClCuN7Na3O11S3+3. The topological polar surface area (TPSA) is 302 Å². The minimum Gasteiger partial charge on any atom is -0.506 e. The fourth-order valence-electron chi connectivity index (χ4n) is 3.42. The molecule has 1 heterocycles. The van der Waals surface area contributed by atoms with Gasteiger partial charge >= 0.3 is 88.7 Å². The molecule has 1 aliphatic carbocycles. The molecule has 0 spiro atoms. The summed E-state index contributed by atoms with van der Waals surface area (Å²) in [5, 5.41) is 15.7. The number of rotatable bonds is 7. The summed E-state index contributed by atoms with van der Waals surface area (Å²) >= 11 is 5.75. The van der Waals surface area contributed by atoms with Crippen LogP contribution in [0.3, 0.4) is 0 Å². The predicted molar refractivity (Wildman–Crippen MR) is 142 cm³/mol. The van der Waals surface area contributed by atoms with Crippen LogP contribution in [0.5, 0.6) is 5.75 Å². The van der Waals surface area contributed by atoms with Crippen LogP contribution < -0.4 is 105 Å². The van der Waals surface area contributed by atoms with Crippen molar-refractivity contribution < 1.29 is 155 Å².